The first kappa shape index (κ1) is 12.9. The van der Waals surface area contributed by atoms with Gasteiger partial charge in [-0.3, -0.25) is 9.67 Å². The van der Waals surface area contributed by atoms with E-state index in [1.54, 1.807) is 36.8 Å². The van der Waals surface area contributed by atoms with Gasteiger partial charge in [-0.1, -0.05) is 12.1 Å². The van der Waals surface area contributed by atoms with E-state index in [2.05, 4.69) is 10.2 Å². The second kappa shape index (κ2) is 5.41. The smallest absolute Gasteiger partial charge is 0.195 e. The van der Waals surface area contributed by atoms with Gasteiger partial charge in [0.1, 0.15) is 5.82 Å². The van der Waals surface area contributed by atoms with E-state index in [-0.39, 0.29) is 5.82 Å². The number of aryl methyl sites for hydroxylation is 1. The zero-order chi connectivity index (χ0) is 13.1. The average Bonchev–Trinajstić information content (AvgIpc) is 2.72. The largest absolute Gasteiger partial charge is 0.383 e. The van der Waals surface area contributed by atoms with Crippen LogP contribution in [0.1, 0.15) is 5.56 Å². The lowest BCUT2D eigenvalue weighted by Gasteiger charge is -2.08. The first-order valence-electron chi connectivity index (χ1n) is 5.54. The Bertz CT molecular complexity index is 606. The number of hydrogen-bond acceptors (Lipinski definition) is 3. The SMILES string of the molecule is COCCn1c(-c2cccc(C)c2F)n[nH]c1=S. The second-order valence-electron chi connectivity index (χ2n) is 3.93. The maximum Gasteiger partial charge on any atom is 0.195 e. The molecule has 18 heavy (non-hydrogen) atoms. The Morgan fingerprint density at radius 1 is 1.50 bits per heavy atom. The highest BCUT2D eigenvalue weighted by Crippen LogP contribution is 2.23. The van der Waals surface area contributed by atoms with Crippen LogP contribution in [0.4, 0.5) is 4.39 Å². The zero-order valence-corrected chi connectivity index (χ0v) is 11.1. The number of nitrogens with zero attached hydrogens (tertiary/aromatic N) is 2. The molecule has 2 rings (SSSR count). The van der Waals surface area contributed by atoms with Gasteiger partial charge in [-0.2, -0.15) is 5.10 Å². The summed E-state index contributed by atoms with van der Waals surface area (Å²) in [5, 5.41) is 6.78. The minimum absolute atomic E-state index is 0.273. The van der Waals surface area contributed by atoms with Crippen LogP contribution in [0.2, 0.25) is 0 Å². The monoisotopic (exact) mass is 267 g/mol. The van der Waals surface area contributed by atoms with Gasteiger partial charge in [0.05, 0.1) is 18.7 Å². The number of methoxy groups -OCH3 is 1. The Morgan fingerprint density at radius 2 is 2.28 bits per heavy atom. The molecule has 96 valence electrons. The molecule has 1 aromatic carbocycles. The molecule has 0 aliphatic carbocycles. The Balaban J connectivity index is 2.51. The third-order valence-corrected chi connectivity index (χ3v) is 3.02. The van der Waals surface area contributed by atoms with Gasteiger partial charge in [-0.05, 0) is 30.8 Å². The summed E-state index contributed by atoms with van der Waals surface area (Å²) in [5.41, 5.74) is 1.03. The number of aromatic amines is 1. The molecule has 0 unspecified atom stereocenters. The van der Waals surface area contributed by atoms with Crippen molar-refractivity contribution >= 4 is 12.2 Å². The summed E-state index contributed by atoms with van der Waals surface area (Å²) in [6.07, 6.45) is 0. The van der Waals surface area contributed by atoms with Crippen molar-refractivity contribution in [3.63, 3.8) is 0 Å². The predicted octanol–water partition coefficient (Wildman–Crippen LogP) is 2.70. The summed E-state index contributed by atoms with van der Waals surface area (Å²) < 4.78 is 21.3. The van der Waals surface area contributed by atoms with E-state index >= 15 is 0 Å². The topological polar surface area (TPSA) is 42.8 Å². The third kappa shape index (κ3) is 2.34. The first-order chi connectivity index (χ1) is 8.65. The van der Waals surface area contributed by atoms with Gasteiger partial charge in [-0.25, -0.2) is 4.39 Å². The van der Waals surface area contributed by atoms with Crippen molar-refractivity contribution in [2.45, 2.75) is 13.5 Å². The molecule has 0 fully saturated rings. The number of nitrogens with one attached hydrogen (secondary N) is 1. The number of aromatic nitrogens is 3. The number of H-pyrrole nitrogens is 1. The van der Waals surface area contributed by atoms with Gasteiger partial charge < -0.3 is 4.74 Å². The molecule has 4 nitrogen and oxygen atoms in total. The van der Waals surface area contributed by atoms with E-state index in [1.165, 1.54) is 0 Å². The summed E-state index contributed by atoms with van der Waals surface area (Å²) >= 11 is 5.13. The summed E-state index contributed by atoms with van der Waals surface area (Å²) in [6, 6.07) is 5.21. The minimum atomic E-state index is -0.273. The van der Waals surface area contributed by atoms with Crippen LogP contribution in [0.15, 0.2) is 18.2 Å². The number of halogens is 1. The Morgan fingerprint density at radius 3 is 3.00 bits per heavy atom. The highest BCUT2D eigenvalue weighted by molar-refractivity contribution is 7.71. The second-order valence-corrected chi connectivity index (χ2v) is 4.32. The van der Waals surface area contributed by atoms with E-state index in [0.29, 0.717) is 34.9 Å². The molecule has 1 N–H and O–H groups in total. The first-order valence-corrected chi connectivity index (χ1v) is 5.95. The molecule has 0 bridgehead atoms. The summed E-state index contributed by atoms with van der Waals surface area (Å²) in [7, 11) is 1.61. The van der Waals surface area contributed by atoms with Crippen molar-refractivity contribution < 1.29 is 9.13 Å². The fraction of sp³-hybridized carbons (Fsp3) is 0.333. The van der Waals surface area contributed by atoms with Crippen LogP contribution in [0.25, 0.3) is 11.4 Å². The van der Waals surface area contributed by atoms with Crippen molar-refractivity contribution in [2.24, 2.45) is 0 Å². The Hall–Kier alpha value is -1.53. The van der Waals surface area contributed by atoms with Crippen LogP contribution < -0.4 is 0 Å². The molecule has 2 aromatic rings. The predicted molar refractivity (Wildman–Crippen MR) is 69.4 cm³/mol. The van der Waals surface area contributed by atoms with Gasteiger partial charge in [-0.15, -0.1) is 0 Å². The molecule has 0 saturated heterocycles. The molecule has 0 aliphatic rings. The number of benzene rings is 1. The van der Waals surface area contributed by atoms with Gasteiger partial charge in [0.15, 0.2) is 10.6 Å². The quantitative estimate of drug-likeness (QED) is 0.866. The minimum Gasteiger partial charge on any atom is -0.383 e. The lowest BCUT2D eigenvalue weighted by atomic mass is 10.1. The molecule has 6 heteroatoms. The molecular weight excluding hydrogens is 253 g/mol. The van der Waals surface area contributed by atoms with E-state index in [4.69, 9.17) is 17.0 Å². The molecular formula is C12H14FN3OS. The van der Waals surface area contributed by atoms with Gasteiger partial charge in [0, 0.05) is 7.11 Å². The lowest BCUT2D eigenvalue weighted by molar-refractivity contribution is 0.187. The Labute approximate surface area is 109 Å². The van der Waals surface area contributed by atoms with Crippen LogP contribution in [-0.2, 0) is 11.3 Å². The van der Waals surface area contributed by atoms with Crippen molar-refractivity contribution in [2.75, 3.05) is 13.7 Å². The van der Waals surface area contributed by atoms with Crippen LogP contribution >= 0.6 is 12.2 Å². The van der Waals surface area contributed by atoms with Crippen LogP contribution in [-0.4, -0.2) is 28.5 Å². The number of rotatable bonds is 4. The molecule has 0 amide bonds. The molecule has 1 heterocycles. The van der Waals surface area contributed by atoms with Gasteiger partial charge in [0.25, 0.3) is 0 Å². The van der Waals surface area contributed by atoms with Crippen molar-refractivity contribution in [1.29, 1.82) is 0 Å². The van der Waals surface area contributed by atoms with Crippen LogP contribution in [0.5, 0.6) is 0 Å². The molecule has 0 saturated carbocycles. The van der Waals surface area contributed by atoms with E-state index < -0.39 is 0 Å². The number of hydrogen-bond donors (Lipinski definition) is 1. The molecule has 0 aliphatic heterocycles. The summed E-state index contributed by atoms with van der Waals surface area (Å²) in [5.74, 6) is 0.225. The standard InChI is InChI=1S/C12H14FN3OS/c1-8-4-3-5-9(10(8)13)11-14-15-12(18)16(11)6-7-17-2/h3-5H,6-7H2,1-2H3,(H,15,18). The fourth-order valence-corrected chi connectivity index (χ4v) is 1.96. The van der Waals surface area contributed by atoms with E-state index in [1.807, 2.05) is 0 Å². The van der Waals surface area contributed by atoms with E-state index in [9.17, 15) is 4.39 Å². The Kier molecular flexibility index (Phi) is 3.88. The molecule has 0 radical (unpaired) electrons. The van der Waals surface area contributed by atoms with Crippen molar-refractivity contribution in [1.82, 2.24) is 14.8 Å². The summed E-state index contributed by atoms with van der Waals surface area (Å²) in [4.78, 5) is 0. The zero-order valence-electron chi connectivity index (χ0n) is 10.2. The van der Waals surface area contributed by atoms with Crippen LogP contribution in [0, 0.1) is 17.5 Å². The van der Waals surface area contributed by atoms with Gasteiger partial charge >= 0.3 is 0 Å². The van der Waals surface area contributed by atoms with Gasteiger partial charge in [0.2, 0.25) is 0 Å². The highest BCUT2D eigenvalue weighted by Gasteiger charge is 2.14. The summed E-state index contributed by atoms with van der Waals surface area (Å²) in [6.45, 7) is 2.75. The normalized spacial score (nSPS) is 10.8. The van der Waals surface area contributed by atoms with E-state index in [0.717, 1.165) is 0 Å². The maximum atomic E-state index is 14.1. The molecule has 0 atom stereocenters. The maximum absolute atomic E-state index is 14.1. The average molecular weight is 267 g/mol. The lowest BCUT2D eigenvalue weighted by Crippen LogP contribution is -2.07. The van der Waals surface area contributed by atoms with Crippen molar-refractivity contribution in [3.8, 4) is 11.4 Å². The van der Waals surface area contributed by atoms with Crippen LogP contribution in [0.3, 0.4) is 0 Å². The highest BCUT2D eigenvalue weighted by atomic mass is 32.1. The third-order valence-electron chi connectivity index (χ3n) is 2.71. The van der Waals surface area contributed by atoms with Crippen molar-refractivity contribution in [3.05, 3.63) is 34.4 Å². The molecule has 0 spiro atoms. The molecule has 1 aromatic heterocycles. The fourth-order valence-electron chi connectivity index (χ4n) is 1.73. The number of ether oxygens (including phenoxy) is 1.